The second kappa shape index (κ2) is 9.90. The second-order valence-corrected chi connectivity index (χ2v) is 10.5. The number of halogens is 1. The van der Waals surface area contributed by atoms with Crippen molar-refractivity contribution in [3.05, 3.63) is 45.1 Å². The van der Waals surface area contributed by atoms with Crippen molar-refractivity contribution in [2.45, 2.75) is 38.5 Å². The van der Waals surface area contributed by atoms with Gasteiger partial charge in [-0.1, -0.05) is 11.6 Å². The van der Waals surface area contributed by atoms with Crippen LogP contribution in [0.15, 0.2) is 30.3 Å². The molecule has 2 saturated heterocycles. The van der Waals surface area contributed by atoms with Crippen molar-refractivity contribution in [2.75, 3.05) is 39.5 Å². The maximum atomic E-state index is 13.3. The van der Waals surface area contributed by atoms with E-state index < -0.39 is 6.10 Å². The first-order chi connectivity index (χ1) is 15.8. The lowest BCUT2D eigenvalue weighted by Crippen LogP contribution is -2.66. The molecule has 0 spiro atoms. The minimum Gasteiger partial charge on any atom is -0.490 e. The molecule has 2 fully saturated rings. The van der Waals surface area contributed by atoms with Gasteiger partial charge in [-0.25, -0.2) is 0 Å². The lowest BCUT2D eigenvalue weighted by atomic mass is 9.91. The van der Waals surface area contributed by atoms with Crippen molar-refractivity contribution in [3.8, 4) is 17.6 Å². The number of hydrogen-bond acceptors (Lipinski definition) is 7. The number of hydrogen-bond donors (Lipinski definition) is 0. The van der Waals surface area contributed by atoms with Gasteiger partial charge in [0.15, 0.2) is 11.5 Å². The highest BCUT2D eigenvalue weighted by Gasteiger charge is 2.53. The molecule has 1 amide bonds. The van der Waals surface area contributed by atoms with Gasteiger partial charge < -0.3 is 19.1 Å². The predicted octanol–water partition coefficient (Wildman–Crippen LogP) is 4.11. The van der Waals surface area contributed by atoms with Crippen LogP contribution in [0, 0.1) is 11.3 Å². The van der Waals surface area contributed by atoms with Gasteiger partial charge in [0.2, 0.25) is 6.10 Å². The average Bonchev–Trinajstić information content (AvgIpc) is 3.24. The van der Waals surface area contributed by atoms with Crippen molar-refractivity contribution in [3.63, 3.8) is 0 Å². The number of carbonyl (C=O) groups is 1. The fourth-order valence-electron chi connectivity index (χ4n) is 4.36. The van der Waals surface area contributed by atoms with Crippen LogP contribution in [0.3, 0.4) is 0 Å². The molecule has 3 heterocycles. The third-order valence-electron chi connectivity index (χ3n) is 6.09. The zero-order chi connectivity index (χ0) is 23.6. The standard InChI is InChI=1S/C24H28ClN3O4S/c1-4-31-18-13-16(14-26)5-6-17(18)32-22-21(19-7-8-20(25)33-19)28(23(22)29)15-24(2,3)27-9-11-30-12-10-27/h5-8,13,21-22H,4,9-12,15H2,1-3H3/t21-,22-/m0/s1. The number of ether oxygens (including phenoxy) is 3. The summed E-state index contributed by atoms with van der Waals surface area (Å²) in [6.45, 7) is 10.3. The number of β-lactam (4-membered cyclic amide) rings is 1. The Kier molecular flexibility index (Phi) is 7.15. The van der Waals surface area contributed by atoms with Gasteiger partial charge in [0.1, 0.15) is 6.04 Å². The molecule has 2 aliphatic rings. The van der Waals surface area contributed by atoms with Crippen molar-refractivity contribution in [1.29, 1.82) is 5.26 Å². The Balaban J connectivity index is 1.59. The molecule has 4 rings (SSSR count). The molecule has 33 heavy (non-hydrogen) atoms. The summed E-state index contributed by atoms with van der Waals surface area (Å²) < 4.78 is 18.1. The molecule has 1 aromatic heterocycles. The third kappa shape index (κ3) is 4.97. The van der Waals surface area contributed by atoms with Crippen LogP contribution in [0.2, 0.25) is 4.34 Å². The Morgan fingerprint density at radius 3 is 2.64 bits per heavy atom. The summed E-state index contributed by atoms with van der Waals surface area (Å²) >= 11 is 7.69. The maximum Gasteiger partial charge on any atom is 0.266 e. The Labute approximate surface area is 203 Å². The van der Waals surface area contributed by atoms with E-state index >= 15 is 0 Å². The van der Waals surface area contributed by atoms with Crippen LogP contribution in [0.5, 0.6) is 11.5 Å². The Bertz CT molecular complexity index is 1040. The van der Waals surface area contributed by atoms with Crippen LogP contribution in [-0.2, 0) is 9.53 Å². The molecule has 1 aromatic carbocycles. The van der Waals surface area contributed by atoms with Crippen molar-refractivity contribution in [1.82, 2.24) is 9.80 Å². The van der Waals surface area contributed by atoms with Crippen LogP contribution >= 0.6 is 22.9 Å². The van der Waals surface area contributed by atoms with E-state index in [-0.39, 0.29) is 17.5 Å². The summed E-state index contributed by atoms with van der Waals surface area (Å²) in [6, 6.07) is 10.7. The molecule has 2 aliphatic heterocycles. The van der Waals surface area contributed by atoms with Crippen LogP contribution in [0.25, 0.3) is 0 Å². The van der Waals surface area contributed by atoms with Crippen molar-refractivity contribution in [2.24, 2.45) is 0 Å². The number of likely N-dealkylation sites (tertiary alicyclic amines) is 1. The van der Waals surface area contributed by atoms with Gasteiger partial charge in [0.25, 0.3) is 5.91 Å². The topological polar surface area (TPSA) is 75.0 Å². The number of morpholine rings is 1. The van der Waals surface area contributed by atoms with Gasteiger partial charge in [0, 0.05) is 36.1 Å². The highest BCUT2D eigenvalue weighted by molar-refractivity contribution is 7.16. The number of benzene rings is 1. The van der Waals surface area contributed by atoms with Crippen LogP contribution in [0.4, 0.5) is 0 Å². The van der Waals surface area contributed by atoms with Gasteiger partial charge >= 0.3 is 0 Å². The number of nitrogens with zero attached hydrogens (tertiary/aromatic N) is 3. The molecule has 0 N–H and O–H groups in total. The van der Waals surface area contributed by atoms with Gasteiger partial charge in [-0.15, -0.1) is 11.3 Å². The number of rotatable bonds is 8. The number of nitriles is 1. The minimum absolute atomic E-state index is 0.0716. The second-order valence-electron chi connectivity index (χ2n) is 8.71. The molecule has 9 heteroatoms. The van der Waals surface area contributed by atoms with Crippen molar-refractivity contribution >= 4 is 28.8 Å². The molecule has 0 unspecified atom stereocenters. The predicted molar refractivity (Wildman–Crippen MR) is 127 cm³/mol. The molecule has 176 valence electrons. The van der Waals surface area contributed by atoms with E-state index in [1.165, 1.54) is 11.3 Å². The average molecular weight is 490 g/mol. The summed E-state index contributed by atoms with van der Waals surface area (Å²) in [4.78, 5) is 18.6. The van der Waals surface area contributed by atoms with Gasteiger partial charge in [-0.3, -0.25) is 9.69 Å². The van der Waals surface area contributed by atoms with Crippen LogP contribution < -0.4 is 9.47 Å². The lowest BCUT2D eigenvalue weighted by Gasteiger charge is -2.51. The first-order valence-electron chi connectivity index (χ1n) is 11.1. The van der Waals surface area contributed by atoms with E-state index in [1.54, 1.807) is 18.2 Å². The summed E-state index contributed by atoms with van der Waals surface area (Å²) in [6.07, 6.45) is -0.688. The fraction of sp³-hybridized carbons (Fsp3) is 0.500. The van der Waals surface area contributed by atoms with Gasteiger partial charge in [-0.05, 0) is 45.0 Å². The molecule has 2 aromatic rings. The molecule has 7 nitrogen and oxygen atoms in total. The maximum absolute atomic E-state index is 13.3. The molecular weight excluding hydrogens is 462 g/mol. The molecule has 0 bridgehead atoms. The minimum atomic E-state index is -0.688. The fourth-order valence-corrected chi connectivity index (χ4v) is 5.56. The lowest BCUT2D eigenvalue weighted by molar-refractivity contribution is -0.168. The van der Waals surface area contributed by atoms with E-state index in [0.29, 0.717) is 47.8 Å². The normalized spacial score (nSPS) is 21.4. The van der Waals surface area contributed by atoms with Crippen molar-refractivity contribution < 1.29 is 19.0 Å². The smallest absolute Gasteiger partial charge is 0.266 e. The molecular formula is C24H28ClN3O4S. The van der Waals surface area contributed by atoms with E-state index in [1.807, 2.05) is 24.0 Å². The quantitative estimate of drug-likeness (QED) is 0.519. The zero-order valence-electron chi connectivity index (χ0n) is 19.0. The molecule has 2 atom stereocenters. The summed E-state index contributed by atoms with van der Waals surface area (Å²) in [5, 5.41) is 9.22. The third-order valence-corrected chi connectivity index (χ3v) is 7.39. The highest BCUT2D eigenvalue weighted by atomic mass is 35.5. The monoisotopic (exact) mass is 489 g/mol. The first-order valence-corrected chi connectivity index (χ1v) is 12.3. The Morgan fingerprint density at radius 2 is 2.00 bits per heavy atom. The van der Waals surface area contributed by atoms with E-state index in [0.717, 1.165) is 18.0 Å². The number of thiophene rings is 1. The molecule has 0 saturated carbocycles. The van der Waals surface area contributed by atoms with Gasteiger partial charge in [0.05, 0.1) is 35.8 Å². The van der Waals surface area contributed by atoms with Crippen LogP contribution in [-0.4, -0.2) is 66.8 Å². The zero-order valence-corrected chi connectivity index (χ0v) is 20.6. The molecule has 0 aliphatic carbocycles. The molecule has 0 radical (unpaired) electrons. The number of carbonyl (C=O) groups excluding carboxylic acids is 1. The van der Waals surface area contributed by atoms with E-state index in [9.17, 15) is 10.1 Å². The van der Waals surface area contributed by atoms with E-state index in [2.05, 4.69) is 24.8 Å². The summed E-state index contributed by atoms with van der Waals surface area (Å²) in [5.74, 6) is 0.839. The number of amides is 1. The Hall–Kier alpha value is -2.31. The summed E-state index contributed by atoms with van der Waals surface area (Å²) in [7, 11) is 0. The van der Waals surface area contributed by atoms with Gasteiger partial charge in [-0.2, -0.15) is 5.26 Å². The summed E-state index contributed by atoms with van der Waals surface area (Å²) in [5.41, 5.74) is 0.260. The first kappa shape index (κ1) is 23.8. The SMILES string of the molecule is CCOc1cc(C#N)ccc1O[C@@H]1C(=O)N(CC(C)(C)N2CCOCC2)[C@H]1c1ccc(Cl)s1. The van der Waals surface area contributed by atoms with E-state index in [4.69, 9.17) is 25.8 Å². The largest absolute Gasteiger partial charge is 0.490 e. The Morgan fingerprint density at radius 1 is 1.24 bits per heavy atom. The van der Waals surface area contributed by atoms with Crippen LogP contribution in [0.1, 0.15) is 37.3 Å². The highest BCUT2D eigenvalue weighted by Crippen LogP contribution is 2.44.